The van der Waals surface area contributed by atoms with Gasteiger partial charge in [0.2, 0.25) is 0 Å². The molecule has 1 unspecified atom stereocenters. The molecule has 2 rings (SSSR count). The Morgan fingerprint density at radius 3 is 2.50 bits per heavy atom. The van der Waals surface area contributed by atoms with Crippen LogP contribution in [0.15, 0.2) is 36.4 Å². The molecule has 0 bridgehead atoms. The number of rotatable bonds is 4. The zero-order chi connectivity index (χ0) is 14.7. The Labute approximate surface area is 131 Å². The minimum absolute atomic E-state index is 0.0896. The molecule has 0 amide bonds. The molecule has 0 radical (unpaired) electrons. The van der Waals surface area contributed by atoms with Crippen molar-refractivity contribution in [2.45, 2.75) is 12.5 Å². The summed E-state index contributed by atoms with van der Waals surface area (Å²) in [6.07, 6.45) is 0.463. The lowest BCUT2D eigenvalue weighted by Gasteiger charge is -2.18. The second kappa shape index (κ2) is 6.74. The Hall–Kier alpha value is -0.840. The van der Waals surface area contributed by atoms with Crippen molar-refractivity contribution in [1.29, 1.82) is 0 Å². The summed E-state index contributed by atoms with van der Waals surface area (Å²) in [5.41, 5.74) is 4.19. The van der Waals surface area contributed by atoms with Gasteiger partial charge in [0.1, 0.15) is 5.82 Å². The van der Waals surface area contributed by atoms with E-state index in [0.717, 1.165) is 11.1 Å². The molecule has 106 valence electrons. The van der Waals surface area contributed by atoms with E-state index in [9.17, 15) is 4.39 Å². The highest BCUT2D eigenvalue weighted by molar-refractivity contribution is 6.42. The second-order valence-electron chi connectivity index (χ2n) is 4.31. The van der Waals surface area contributed by atoms with E-state index >= 15 is 0 Å². The van der Waals surface area contributed by atoms with E-state index in [4.69, 9.17) is 40.6 Å². The molecule has 6 heteroatoms. The van der Waals surface area contributed by atoms with Gasteiger partial charge >= 0.3 is 0 Å². The van der Waals surface area contributed by atoms with Crippen molar-refractivity contribution in [2.24, 2.45) is 5.84 Å². The number of nitrogens with one attached hydrogen (secondary N) is 1. The first-order chi connectivity index (χ1) is 9.52. The highest BCUT2D eigenvalue weighted by Gasteiger charge is 2.16. The van der Waals surface area contributed by atoms with Gasteiger partial charge in [-0.15, -0.1) is 0 Å². The second-order valence-corrected chi connectivity index (χ2v) is 5.51. The van der Waals surface area contributed by atoms with E-state index < -0.39 is 5.82 Å². The summed E-state index contributed by atoms with van der Waals surface area (Å²) in [7, 11) is 0. The van der Waals surface area contributed by atoms with Gasteiger partial charge in [-0.2, -0.15) is 0 Å². The predicted molar refractivity (Wildman–Crippen MR) is 81.6 cm³/mol. The van der Waals surface area contributed by atoms with Crippen LogP contribution in [0.3, 0.4) is 0 Å². The molecule has 2 nitrogen and oxygen atoms in total. The lowest BCUT2D eigenvalue weighted by Crippen LogP contribution is -2.29. The number of hydrogen-bond acceptors (Lipinski definition) is 2. The molecule has 0 spiro atoms. The van der Waals surface area contributed by atoms with Crippen LogP contribution in [0, 0.1) is 5.82 Å². The maximum atomic E-state index is 13.4. The maximum absolute atomic E-state index is 13.4. The third-order valence-corrected chi connectivity index (χ3v) is 4.12. The van der Waals surface area contributed by atoms with E-state index in [2.05, 4.69) is 5.43 Å². The first kappa shape index (κ1) is 15.5. The van der Waals surface area contributed by atoms with Crippen molar-refractivity contribution in [3.05, 3.63) is 68.4 Å². The molecule has 0 aliphatic rings. The number of nitrogens with two attached hydrogens (primary N) is 1. The molecule has 0 fully saturated rings. The number of hydrazine groups is 1. The third kappa shape index (κ3) is 3.43. The van der Waals surface area contributed by atoms with Crippen molar-refractivity contribution in [2.75, 3.05) is 0 Å². The van der Waals surface area contributed by atoms with Crippen molar-refractivity contribution >= 4 is 34.8 Å². The molecule has 0 saturated heterocycles. The smallest absolute Gasteiger partial charge is 0.142 e. The van der Waals surface area contributed by atoms with Gasteiger partial charge in [-0.1, -0.05) is 53.0 Å². The summed E-state index contributed by atoms with van der Waals surface area (Å²) >= 11 is 17.8. The molecule has 0 aliphatic heterocycles. The molecule has 2 aromatic carbocycles. The van der Waals surface area contributed by atoms with Crippen molar-refractivity contribution in [1.82, 2.24) is 5.43 Å². The molecule has 0 aromatic heterocycles. The topological polar surface area (TPSA) is 38.0 Å². The monoisotopic (exact) mass is 332 g/mol. The highest BCUT2D eigenvalue weighted by atomic mass is 35.5. The first-order valence-electron chi connectivity index (χ1n) is 5.87. The largest absolute Gasteiger partial charge is 0.271 e. The minimum Gasteiger partial charge on any atom is -0.271 e. The van der Waals surface area contributed by atoms with E-state index in [1.807, 2.05) is 6.07 Å². The van der Waals surface area contributed by atoms with Crippen molar-refractivity contribution < 1.29 is 4.39 Å². The molecule has 0 saturated carbocycles. The predicted octanol–water partition coefficient (Wildman–Crippen LogP) is 4.53. The molecule has 3 N–H and O–H groups in total. The SMILES string of the molecule is NNC(Cc1ccc(Cl)c(F)c1)c1cccc(Cl)c1Cl. The average molecular weight is 334 g/mol. The van der Waals surface area contributed by atoms with Gasteiger partial charge in [0, 0.05) is 0 Å². The summed E-state index contributed by atoms with van der Waals surface area (Å²) in [4.78, 5) is 0. The standard InChI is InChI=1S/C14H12Cl3FN2/c15-10-5-4-8(6-12(10)18)7-13(20-19)9-2-1-3-11(16)14(9)17/h1-6,13,20H,7,19H2. The molecule has 20 heavy (non-hydrogen) atoms. The van der Waals surface area contributed by atoms with Crippen LogP contribution in [0.25, 0.3) is 0 Å². The van der Waals surface area contributed by atoms with E-state index in [1.165, 1.54) is 12.1 Å². The minimum atomic E-state index is -0.461. The number of hydrogen-bond donors (Lipinski definition) is 2. The third-order valence-electron chi connectivity index (χ3n) is 2.98. The molecule has 0 heterocycles. The van der Waals surface area contributed by atoms with Gasteiger partial charge in [0.05, 0.1) is 21.1 Å². The van der Waals surface area contributed by atoms with Gasteiger partial charge in [0.25, 0.3) is 0 Å². The zero-order valence-electron chi connectivity index (χ0n) is 10.3. The summed E-state index contributed by atoms with van der Waals surface area (Å²) < 4.78 is 13.4. The number of benzene rings is 2. The lowest BCUT2D eigenvalue weighted by molar-refractivity contribution is 0.549. The van der Waals surface area contributed by atoms with Crippen LogP contribution in [0.4, 0.5) is 4.39 Å². The van der Waals surface area contributed by atoms with Gasteiger partial charge < -0.3 is 0 Å². The Bertz CT molecular complexity index is 619. The molecular formula is C14H12Cl3FN2. The van der Waals surface area contributed by atoms with E-state index in [-0.39, 0.29) is 11.1 Å². The van der Waals surface area contributed by atoms with Gasteiger partial charge in [-0.25, -0.2) is 4.39 Å². The molecule has 1 atom stereocenters. The Morgan fingerprint density at radius 2 is 1.85 bits per heavy atom. The van der Waals surface area contributed by atoms with Gasteiger partial charge in [0.15, 0.2) is 0 Å². The van der Waals surface area contributed by atoms with Crippen LogP contribution in [0.5, 0.6) is 0 Å². The molecule has 0 aliphatic carbocycles. The van der Waals surface area contributed by atoms with Crippen LogP contribution in [-0.4, -0.2) is 0 Å². The van der Waals surface area contributed by atoms with Gasteiger partial charge in [-0.3, -0.25) is 11.3 Å². The Morgan fingerprint density at radius 1 is 1.10 bits per heavy atom. The summed E-state index contributed by atoms with van der Waals surface area (Å²) in [6, 6.07) is 9.67. The Kier molecular flexibility index (Phi) is 5.24. The Balaban J connectivity index is 2.28. The molecule has 2 aromatic rings. The maximum Gasteiger partial charge on any atom is 0.142 e. The first-order valence-corrected chi connectivity index (χ1v) is 7.00. The van der Waals surface area contributed by atoms with Crippen molar-refractivity contribution in [3.63, 3.8) is 0 Å². The van der Waals surface area contributed by atoms with Crippen LogP contribution in [-0.2, 0) is 6.42 Å². The normalized spacial score (nSPS) is 12.4. The number of halogens is 4. The van der Waals surface area contributed by atoms with Crippen LogP contribution >= 0.6 is 34.8 Å². The van der Waals surface area contributed by atoms with Crippen LogP contribution in [0.1, 0.15) is 17.2 Å². The van der Waals surface area contributed by atoms with E-state index in [1.54, 1.807) is 18.2 Å². The summed E-state index contributed by atoms with van der Waals surface area (Å²) in [5, 5.41) is 0.977. The fourth-order valence-electron chi connectivity index (χ4n) is 1.95. The average Bonchev–Trinajstić information content (AvgIpc) is 2.43. The summed E-state index contributed by atoms with van der Waals surface area (Å²) in [5.74, 6) is 5.11. The van der Waals surface area contributed by atoms with Crippen molar-refractivity contribution in [3.8, 4) is 0 Å². The fourth-order valence-corrected chi connectivity index (χ4v) is 2.51. The van der Waals surface area contributed by atoms with Crippen LogP contribution < -0.4 is 11.3 Å². The summed E-state index contributed by atoms with van der Waals surface area (Å²) in [6.45, 7) is 0. The van der Waals surface area contributed by atoms with E-state index in [0.29, 0.717) is 16.5 Å². The molecular weight excluding hydrogens is 322 g/mol. The lowest BCUT2D eigenvalue weighted by atomic mass is 9.99. The highest BCUT2D eigenvalue weighted by Crippen LogP contribution is 2.31. The fraction of sp³-hybridized carbons (Fsp3) is 0.143. The van der Waals surface area contributed by atoms with Crippen LogP contribution in [0.2, 0.25) is 15.1 Å². The van der Waals surface area contributed by atoms with Gasteiger partial charge in [-0.05, 0) is 35.7 Å². The quantitative estimate of drug-likeness (QED) is 0.637. The zero-order valence-corrected chi connectivity index (χ0v) is 12.6.